The van der Waals surface area contributed by atoms with E-state index >= 15 is 0 Å². The number of benzene rings is 1. The molecule has 10 nitrogen and oxygen atoms in total. The number of amides is 1. The number of H-pyrrole nitrogens is 1. The predicted molar refractivity (Wildman–Crippen MR) is 131 cm³/mol. The summed E-state index contributed by atoms with van der Waals surface area (Å²) in [6, 6.07) is 7.38. The first-order valence-corrected chi connectivity index (χ1v) is 12.0. The minimum Gasteiger partial charge on any atom is -0.322 e. The van der Waals surface area contributed by atoms with Crippen molar-refractivity contribution in [3.8, 4) is 11.4 Å². The van der Waals surface area contributed by atoms with Crippen molar-refractivity contribution in [3.63, 3.8) is 0 Å². The molecule has 1 aromatic carbocycles. The Morgan fingerprint density at radius 3 is 2.80 bits per heavy atom. The topological polar surface area (TPSA) is 128 Å². The maximum absolute atomic E-state index is 13.1. The van der Waals surface area contributed by atoms with E-state index in [2.05, 4.69) is 30.0 Å². The summed E-state index contributed by atoms with van der Waals surface area (Å²) in [6.07, 6.45) is 7.46. The van der Waals surface area contributed by atoms with Crippen LogP contribution in [0.3, 0.4) is 0 Å². The molecule has 1 fully saturated rings. The quantitative estimate of drug-likeness (QED) is 0.471. The first-order valence-electron chi connectivity index (χ1n) is 12.0. The second kappa shape index (κ2) is 8.30. The molecule has 1 amide bonds. The van der Waals surface area contributed by atoms with Crippen LogP contribution in [0.4, 0.5) is 5.69 Å². The maximum atomic E-state index is 13.1. The smallest absolute Gasteiger partial charge is 0.322 e. The highest BCUT2D eigenvalue weighted by Crippen LogP contribution is 2.34. The van der Waals surface area contributed by atoms with Gasteiger partial charge in [-0.2, -0.15) is 0 Å². The Bertz CT molecular complexity index is 1590. The number of carbonyl (C=O) groups excluding carboxylic acids is 1. The predicted octanol–water partition coefficient (Wildman–Crippen LogP) is 2.97. The van der Waals surface area contributed by atoms with E-state index in [9.17, 15) is 14.4 Å². The summed E-state index contributed by atoms with van der Waals surface area (Å²) in [4.78, 5) is 44.5. The number of hydrogen-bond donors (Lipinski definition) is 2. The zero-order valence-electron chi connectivity index (χ0n) is 19.4. The van der Waals surface area contributed by atoms with Crippen LogP contribution >= 0.6 is 0 Å². The van der Waals surface area contributed by atoms with Gasteiger partial charge in [-0.1, -0.05) is 18.6 Å². The van der Waals surface area contributed by atoms with Crippen LogP contribution < -0.4 is 16.6 Å². The Labute approximate surface area is 200 Å². The number of carbonyl (C=O) groups is 1. The highest BCUT2D eigenvalue weighted by Gasteiger charge is 2.28. The van der Waals surface area contributed by atoms with Gasteiger partial charge in [0.1, 0.15) is 11.5 Å². The van der Waals surface area contributed by atoms with Gasteiger partial charge in [0.15, 0.2) is 5.82 Å². The lowest BCUT2D eigenvalue weighted by atomic mass is 10.1. The number of aromatic amines is 1. The molecule has 4 heterocycles. The highest BCUT2D eigenvalue weighted by atomic mass is 16.2. The van der Waals surface area contributed by atoms with Crippen molar-refractivity contribution in [3.05, 3.63) is 68.3 Å². The third-order valence-electron chi connectivity index (χ3n) is 6.81. The minimum absolute atomic E-state index is 0.0478. The molecule has 0 atom stereocenters. The van der Waals surface area contributed by atoms with Crippen LogP contribution in [0.5, 0.6) is 0 Å². The van der Waals surface area contributed by atoms with E-state index < -0.39 is 11.2 Å². The fourth-order valence-electron chi connectivity index (χ4n) is 4.72. The van der Waals surface area contributed by atoms with Crippen LogP contribution in [-0.2, 0) is 13.0 Å². The molecule has 3 aromatic heterocycles. The molecule has 0 spiro atoms. The van der Waals surface area contributed by atoms with Crippen molar-refractivity contribution < 1.29 is 4.79 Å². The third kappa shape index (κ3) is 3.84. The number of aromatic nitrogens is 6. The Morgan fingerprint density at radius 2 is 1.97 bits per heavy atom. The first kappa shape index (κ1) is 21.5. The fourth-order valence-corrected chi connectivity index (χ4v) is 4.72. The number of aryl methyl sites for hydroxylation is 2. The van der Waals surface area contributed by atoms with E-state index in [4.69, 9.17) is 0 Å². The molecule has 2 aliphatic rings. The monoisotopic (exact) mass is 471 g/mol. The molecule has 1 saturated carbocycles. The molecule has 2 N–H and O–H groups in total. The average molecular weight is 472 g/mol. The van der Waals surface area contributed by atoms with Gasteiger partial charge in [-0.3, -0.25) is 19.1 Å². The number of anilines is 1. The van der Waals surface area contributed by atoms with Crippen LogP contribution in [0, 0.1) is 6.92 Å². The summed E-state index contributed by atoms with van der Waals surface area (Å²) in [7, 11) is 0. The Kier molecular flexibility index (Phi) is 5.09. The van der Waals surface area contributed by atoms with Gasteiger partial charge >= 0.3 is 5.69 Å². The van der Waals surface area contributed by atoms with Gasteiger partial charge in [-0.25, -0.2) is 9.78 Å². The normalized spacial score (nSPS) is 15.6. The fraction of sp³-hybridized carbons (Fsp3) is 0.360. The summed E-state index contributed by atoms with van der Waals surface area (Å²) in [5, 5.41) is 12.0. The zero-order chi connectivity index (χ0) is 24.1. The summed E-state index contributed by atoms with van der Waals surface area (Å²) in [5.41, 5.74) is 1.97. The molecular weight excluding hydrogens is 446 g/mol. The van der Waals surface area contributed by atoms with Gasteiger partial charge in [0.2, 0.25) is 0 Å². The minimum atomic E-state index is -0.547. The van der Waals surface area contributed by atoms with Crippen LogP contribution in [-0.4, -0.2) is 35.2 Å². The number of nitrogens with one attached hydrogen (secondary N) is 2. The molecule has 178 valence electrons. The summed E-state index contributed by atoms with van der Waals surface area (Å²) in [5.74, 6) is 1.42. The van der Waals surface area contributed by atoms with Crippen molar-refractivity contribution in [2.45, 2.75) is 58.0 Å². The molecule has 0 saturated heterocycles. The Balaban J connectivity index is 1.33. The molecular formula is C25H25N7O3. The van der Waals surface area contributed by atoms with Gasteiger partial charge in [0.05, 0.1) is 10.9 Å². The third-order valence-corrected chi connectivity index (χ3v) is 6.81. The molecule has 35 heavy (non-hydrogen) atoms. The van der Waals surface area contributed by atoms with E-state index in [-0.39, 0.29) is 22.9 Å². The van der Waals surface area contributed by atoms with Crippen molar-refractivity contribution in [2.24, 2.45) is 0 Å². The number of hydrogen-bond acceptors (Lipinski definition) is 6. The summed E-state index contributed by atoms with van der Waals surface area (Å²) in [6.45, 7) is 2.80. The maximum Gasteiger partial charge on any atom is 0.330 e. The van der Waals surface area contributed by atoms with Crippen molar-refractivity contribution in [1.29, 1.82) is 0 Å². The molecule has 0 radical (unpaired) electrons. The second-order valence-corrected chi connectivity index (χ2v) is 9.34. The van der Waals surface area contributed by atoms with E-state index in [0.717, 1.165) is 61.4 Å². The van der Waals surface area contributed by atoms with Crippen LogP contribution in [0.15, 0.2) is 40.1 Å². The summed E-state index contributed by atoms with van der Waals surface area (Å²) < 4.78 is 3.68. The molecule has 10 heteroatoms. The van der Waals surface area contributed by atoms with Gasteiger partial charge in [-0.15, -0.1) is 10.2 Å². The average Bonchev–Trinajstić information content (AvgIpc) is 3.64. The molecule has 6 rings (SSSR count). The molecule has 0 bridgehead atoms. The number of nitrogens with zero attached hydrogens (tertiary/aromatic N) is 5. The van der Waals surface area contributed by atoms with Gasteiger partial charge in [0.25, 0.3) is 11.5 Å². The number of rotatable bonds is 4. The lowest BCUT2D eigenvalue weighted by Crippen LogP contribution is -2.30. The van der Waals surface area contributed by atoms with Gasteiger partial charge < -0.3 is 9.88 Å². The van der Waals surface area contributed by atoms with Crippen molar-refractivity contribution in [2.75, 3.05) is 5.32 Å². The van der Waals surface area contributed by atoms with Crippen LogP contribution in [0.25, 0.3) is 22.4 Å². The van der Waals surface area contributed by atoms with E-state index in [0.29, 0.717) is 11.3 Å². The van der Waals surface area contributed by atoms with Crippen LogP contribution in [0.1, 0.15) is 59.9 Å². The molecule has 0 unspecified atom stereocenters. The van der Waals surface area contributed by atoms with Crippen LogP contribution in [0.2, 0.25) is 0 Å². The first-order chi connectivity index (χ1) is 17.0. The number of fused-ring (bicyclic) bond motifs is 2. The van der Waals surface area contributed by atoms with E-state index in [1.807, 2.05) is 25.1 Å². The van der Waals surface area contributed by atoms with E-state index in [1.54, 1.807) is 0 Å². The van der Waals surface area contributed by atoms with E-state index in [1.165, 1.54) is 23.3 Å². The number of pyridine rings is 1. The standard InChI is InChI=1S/C25H25N7O3/c1-14-6-7-15(21-30-29-20-5-3-2-4-10-31(20)21)12-19(14)27-23(33)16-11-18-22(26-13-16)32(17-8-9-17)25(35)28-24(18)34/h6-7,11-13,17H,2-5,8-10H2,1H3,(H,27,33)(H,28,34,35). The zero-order valence-corrected chi connectivity index (χ0v) is 19.4. The SMILES string of the molecule is Cc1ccc(-c2nnc3n2CCCCC3)cc1NC(=O)c1cnc2c(c1)c(=O)[nH]c(=O)n2C1CC1. The lowest BCUT2D eigenvalue weighted by Gasteiger charge is -2.12. The largest absolute Gasteiger partial charge is 0.330 e. The second-order valence-electron chi connectivity index (χ2n) is 9.34. The van der Waals surface area contributed by atoms with Crippen molar-refractivity contribution in [1.82, 2.24) is 29.3 Å². The molecule has 4 aromatic rings. The summed E-state index contributed by atoms with van der Waals surface area (Å²) >= 11 is 0. The van der Waals surface area contributed by atoms with Crippen molar-refractivity contribution >= 4 is 22.6 Å². The Hall–Kier alpha value is -4.08. The van der Waals surface area contributed by atoms with Gasteiger partial charge in [0, 0.05) is 36.5 Å². The highest BCUT2D eigenvalue weighted by molar-refractivity contribution is 6.06. The lowest BCUT2D eigenvalue weighted by molar-refractivity contribution is 0.102. The van der Waals surface area contributed by atoms with Gasteiger partial charge in [-0.05, 0) is 50.3 Å². The molecule has 1 aliphatic heterocycles. The molecule has 1 aliphatic carbocycles. The Morgan fingerprint density at radius 1 is 1.11 bits per heavy atom.